The third-order valence-corrected chi connectivity index (χ3v) is 7.06. The zero-order chi connectivity index (χ0) is 23.4. The summed E-state index contributed by atoms with van der Waals surface area (Å²) >= 11 is 3.18. The van der Waals surface area contributed by atoms with Gasteiger partial charge in [0.05, 0.1) is 34.8 Å². The van der Waals surface area contributed by atoms with Crippen LogP contribution >= 0.6 is 22.7 Å². The fraction of sp³-hybridized carbons (Fsp3) is 0.217. The van der Waals surface area contributed by atoms with E-state index < -0.39 is 0 Å². The van der Waals surface area contributed by atoms with Gasteiger partial charge in [0.15, 0.2) is 0 Å². The molecule has 0 saturated heterocycles. The van der Waals surface area contributed by atoms with Gasteiger partial charge in [0, 0.05) is 12.6 Å². The van der Waals surface area contributed by atoms with E-state index in [1.807, 2.05) is 43.5 Å². The van der Waals surface area contributed by atoms with Gasteiger partial charge >= 0.3 is 6.03 Å². The lowest BCUT2D eigenvalue weighted by Crippen LogP contribution is -2.34. The minimum absolute atomic E-state index is 0.234. The van der Waals surface area contributed by atoms with E-state index in [9.17, 15) is 9.59 Å². The van der Waals surface area contributed by atoms with E-state index in [1.54, 1.807) is 41.9 Å². The van der Waals surface area contributed by atoms with Crippen LogP contribution in [0, 0.1) is 13.8 Å². The summed E-state index contributed by atoms with van der Waals surface area (Å²) in [5.74, 6) is 0.572. The van der Waals surface area contributed by atoms with E-state index in [0.29, 0.717) is 17.1 Å². The Kier molecular flexibility index (Phi) is 6.85. The van der Waals surface area contributed by atoms with Crippen LogP contribution < -0.4 is 20.9 Å². The fourth-order valence-corrected chi connectivity index (χ4v) is 5.06. The highest BCUT2D eigenvalue weighted by molar-refractivity contribution is 7.23. The summed E-state index contributed by atoms with van der Waals surface area (Å²) in [6.07, 6.45) is 0. The van der Waals surface area contributed by atoms with Crippen molar-refractivity contribution in [2.45, 2.75) is 20.4 Å². The highest BCUT2D eigenvalue weighted by Gasteiger charge is 2.14. The molecule has 0 spiro atoms. The number of amides is 2. The van der Waals surface area contributed by atoms with Gasteiger partial charge in [-0.15, -0.1) is 22.7 Å². The van der Waals surface area contributed by atoms with Crippen molar-refractivity contribution in [2.24, 2.45) is 0 Å². The molecule has 8 nitrogen and oxygen atoms in total. The lowest BCUT2D eigenvalue weighted by molar-refractivity contribution is 0.251. The smallest absolute Gasteiger partial charge is 0.319 e. The summed E-state index contributed by atoms with van der Waals surface area (Å²) in [6, 6.07) is 12.4. The maximum Gasteiger partial charge on any atom is 0.319 e. The number of methoxy groups -OCH3 is 1. The number of hydrogen-bond donors (Lipinski definition) is 2. The summed E-state index contributed by atoms with van der Waals surface area (Å²) in [5.41, 5.74) is 2.89. The molecule has 10 heteroatoms. The fourth-order valence-electron chi connectivity index (χ4n) is 3.23. The van der Waals surface area contributed by atoms with E-state index in [2.05, 4.69) is 20.7 Å². The summed E-state index contributed by atoms with van der Waals surface area (Å²) in [7, 11) is 1.55. The van der Waals surface area contributed by atoms with Gasteiger partial charge in [0.25, 0.3) is 5.56 Å². The quantitative estimate of drug-likeness (QED) is 0.404. The van der Waals surface area contributed by atoms with Gasteiger partial charge < -0.3 is 15.4 Å². The van der Waals surface area contributed by atoms with Crippen molar-refractivity contribution in [1.82, 2.24) is 20.1 Å². The highest BCUT2D eigenvalue weighted by Crippen LogP contribution is 2.35. The number of carbonyl (C=O) groups is 1. The van der Waals surface area contributed by atoms with Crippen LogP contribution in [0.3, 0.4) is 0 Å². The number of anilines is 1. The molecule has 0 aliphatic carbocycles. The number of aromatic nitrogens is 3. The second-order valence-corrected chi connectivity index (χ2v) is 9.22. The maximum atomic E-state index is 12.3. The van der Waals surface area contributed by atoms with E-state index >= 15 is 0 Å². The highest BCUT2D eigenvalue weighted by atomic mass is 32.1. The van der Waals surface area contributed by atoms with E-state index in [1.165, 1.54) is 10.7 Å². The maximum absolute atomic E-state index is 12.3. The van der Waals surface area contributed by atoms with Gasteiger partial charge in [-0.25, -0.2) is 14.5 Å². The Bertz CT molecular complexity index is 1330. The Morgan fingerprint density at radius 3 is 2.79 bits per heavy atom. The predicted molar refractivity (Wildman–Crippen MR) is 132 cm³/mol. The molecule has 0 bridgehead atoms. The second kappa shape index (κ2) is 9.97. The monoisotopic (exact) mass is 481 g/mol. The number of carbonyl (C=O) groups excluding carboxylic acids is 1. The number of thiophene rings is 1. The largest absolute Gasteiger partial charge is 0.495 e. The molecule has 0 atom stereocenters. The first-order chi connectivity index (χ1) is 15.9. The molecule has 0 fully saturated rings. The van der Waals surface area contributed by atoms with Gasteiger partial charge in [-0.2, -0.15) is 5.10 Å². The van der Waals surface area contributed by atoms with Crippen molar-refractivity contribution >= 4 is 34.4 Å². The molecule has 0 aliphatic rings. The number of hydrogen-bond acceptors (Lipinski definition) is 7. The molecule has 3 aromatic heterocycles. The van der Waals surface area contributed by atoms with Crippen LogP contribution in [-0.2, 0) is 6.54 Å². The molecule has 2 N–H and O–H groups in total. The Hall–Kier alpha value is -3.50. The second-order valence-electron chi connectivity index (χ2n) is 7.28. The first-order valence-electron chi connectivity index (χ1n) is 10.2. The number of nitrogens with one attached hydrogen (secondary N) is 2. The third-order valence-electron chi connectivity index (χ3n) is 4.84. The van der Waals surface area contributed by atoms with Gasteiger partial charge in [0.1, 0.15) is 16.5 Å². The van der Waals surface area contributed by atoms with Crippen molar-refractivity contribution in [3.05, 3.63) is 69.5 Å². The van der Waals surface area contributed by atoms with Crippen LogP contribution in [0.25, 0.3) is 20.5 Å². The van der Waals surface area contributed by atoms with Gasteiger partial charge in [-0.1, -0.05) is 12.1 Å². The topological polar surface area (TPSA) is 98.1 Å². The minimum Gasteiger partial charge on any atom is -0.495 e. The van der Waals surface area contributed by atoms with Gasteiger partial charge in [-0.3, -0.25) is 4.79 Å². The average molecular weight is 482 g/mol. The van der Waals surface area contributed by atoms with Crippen LogP contribution in [-0.4, -0.2) is 34.5 Å². The first-order valence-corrected chi connectivity index (χ1v) is 11.9. The lowest BCUT2D eigenvalue weighted by Gasteiger charge is -2.12. The molecule has 33 heavy (non-hydrogen) atoms. The molecule has 1 aromatic carbocycles. The number of nitrogens with zero attached hydrogens (tertiary/aromatic N) is 3. The molecule has 0 unspecified atom stereocenters. The summed E-state index contributed by atoms with van der Waals surface area (Å²) in [6.45, 7) is 4.34. The SMILES string of the molecule is COc1ccc(C)cc1NC(=O)NCCn1nc(-c2sc(-c3cccs3)nc2C)ccc1=O. The van der Waals surface area contributed by atoms with Crippen LogP contribution in [0.4, 0.5) is 10.5 Å². The summed E-state index contributed by atoms with van der Waals surface area (Å²) in [5, 5.41) is 13.0. The third kappa shape index (κ3) is 5.29. The van der Waals surface area contributed by atoms with E-state index in [0.717, 1.165) is 26.0 Å². The molecule has 0 saturated carbocycles. The Morgan fingerprint density at radius 1 is 1.18 bits per heavy atom. The lowest BCUT2D eigenvalue weighted by atomic mass is 10.2. The Labute approximate surface area is 198 Å². The van der Waals surface area contributed by atoms with Crippen molar-refractivity contribution < 1.29 is 9.53 Å². The van der Waals surface area contributed by atoms with Crippen LogP contribution in [0.5, 0.6) is 5.75 Å². The average Bonchev–Trinajstić information content (AvgIpc) is 3.45. The molecule has 4 rings (SSSR count). The van der Waals surface area contributed by atoms with Crippen LogP contribution in [0.1, 0.15) is 11.3 Å². The number of ether oxygens (including phenoxy) is 1. The number of rotatable bonds is 7. The molecule has 4 aromatic rings. The number of benzene rings is 1. The first kappa shape index (κ1) is 22.7. The normalized spacial score (nSPS) is 10.8. The van der Waals surface area contributed by atoms with Gasteiger partial charge in [-0.05, 0) is 49.1 Å². The zero-order valence-corrected chi connectivity index (χ0v) is 20.0. The van der Waals surface area contributed by atoms with Crippen molar-refractivity contribution in [3.8, 4) is 26.2 Å². The zero-order valence-electron chi connectivity index (χ0n) is 18.4. The Balaban J connectivity index is 1.43. The number of aryl methyl sites for hydroxylation is 2. The molecule has 170 valence electrons. The summed E-state index contributed by atoms with van der Waals surface area (Å²) < 4.78 is 6.63. The molecule has 2 amide bonds. The van der Waals surface area contributed by atoms with Crippen molar-refractivity contribution in [1.29, 1.82) is 0 Å². The van der Waals surface area contributed by atoms with E-state index in [-0.39, 0.29) is 24.7 Å². The molecule has 0 radical (unpaired) electrons. The number of urea groups is 1. The van der Waals surface area contributed by atoms with Crippen molar-refractivity contribution in [3.63, 3.8) is 0 Å². The molecule has 3 heterocycles. The van der Waals surface area contributed by atoms with E-state index in [4.69, 9.17) is 4.74 Å². The molecular weight excluding hydrogens is 458 g/mol. The predicted octanol–water partition coefficient (Wildman–Crippen LogP) is 4.54. The van der Waals surface area contributed by atoms with Crippen LogP contribution in [0.2, 0.25) is 0 Å². The number of thiazole rings is 1. The van der Waals surface area contributed by atoms with Crippen LogP contribution in [0.15, 0.2) is 52.6 Å². The summed E-state index contributed by atoms with van der Waals surface area (Å²) in [4.78, 5) is 31.3. The standard InChI is InChI=1S/C23H23N5O3S2/c1-14-6-8-18(31-3)17(13-14)26-23(30)24-10-11-28-20(29)9-7-16(27-28)21-15(2)25-22(33-21)19-5-4-12-32-19/h4-9,12-13H,10-11H2,1-3H3,(H2,24,26,30). The van der Waals surface area contributed by atoms with Crippen molar-refractivity contribution in [2.75, 3.05) is 19.0 Å². The Morgan fingerprint density at radius 2 is 2.03 bits per heavy atom. The molecular formula is C23H23N5O3S2. The minimum atomic E-state index is -0.387. The molecule has 0 aliphatic heterocycles. The van der Waals surface area contributed by atoms with Gasteiger partial charge in [0.2, 0.25) is 0 Å².